The number of unbranched alkanes of at least 4 members (excludes halogenated alkanes) is 4. The van der Waals surface area contributed by atoms with Gasteiger partial charge >= 0.3 is 11.9 Å². The third kappa shape index (κ3) is 9.05. The quantitative estimate of drug-likeness (QED) is 0.354. The van der Waals surface area contributed by atoms with E-state index in [2.05, 4.69) is 20.1 Å². The molecule has 0 saturated heterocycles. The highest BCUT2D eigenvalue weighted by molar-refractivity contribution is 5.88. The minimum Gasteiger partial charge on any atom is -0.478 e. The van der Waals surface area contributed by atoms with Crippen molar-refractivity contribution in [3.05, 3.63) is 24.3 Å². The Balaban J connectivity index is 3.68. The van der Waals surface area contributed by atoms with Crippen LogP contribution in [-0.4, -0.2) is 23.7 Å². The fourth-order valence-corrected chi connectivity index (χ4v) is 1.52. The highest BCUT2D eigenvalue weighted by Crippen LogP contribution is 2.11. The van der Waals surface area contributed by atoms with E-state index < -0.39 is 11.9 Å². The molecular formula is C15H24O4. The maximum Gasteiger partial charge on any atom is 0.333 e. The number of ether oxygens (including phenoxy) is 1. The summed E-state index contributed by atoms with van der Waals surface area (Å²) < 4.78 is 4.94. The van der Waals surface area contributed by atoms with Crippen molar-refractivity contribution in [2.24, 2.45) is 0 Å². The van der Waals surface area contributed by atoms with Gasteiger partial charge in [-0.3, -0.25) is 0 Å². The average molecular weight is 268 g/mol. The zero-order valence-electron chi connectivity index (χ0n) is 11.7. The van der Waals surface area contributed by atoms with Crippen LogP contribution in [0.3, 0.4) is 0 Å². The van der Waals surface area contributed by atoms with E-state index in [0.29, 0.717) is 12.0 Å². The second kappa shape index (κ2) is 10.4. The molecule has 108 valence electrons. The van der Waals surface area contributed by atoms with Crippen molar-refractivity contribution in [3.63, 3.8) is 0 Å². The van der Waals surface area contributed by atoms with E-state index in [1.165, 1.54) is 19.3 Å². The molecule has 0 aromatic rings. The minimum atomic E-state index is -1.06. The number of carbonyl (C=O) groups excluding carboxylic acids is 1. The van der Waals surface area contributed by atoms with E-state index in [-0.39, 0.29) is 18.6 Å². The van der Waals surface area contributed by atoms with Crippen molar-refractivity contribution in [2.75, 3.05) is 6.61 Å². The number of carbonyl (C=O) groups is 2. The van der Waals surface area contributed by atoms with Crippen molar-refractivity contribution in [2.45, 2.75) is 51.9 Å². The van der Waals surface area contributed by atoms with Crippen LogP contribution < -0.4 is 0 Å². The Hall–Kier alpha value is -1.58. The number of hydrogen-bond acceptors (Lipinski definition) is 3. The van der Waals surface area contributed by atoms with Crippen molar-refractivity contribution in [3.8, 4) is 0 Å². The summed E-state index contributed by atoms with van der Waals surface area (Å²) in [6, 6.07) is 0. The number of carboxylic acids is 1. The van der Waals surface area contributed by atoms with Gasteiger partial charge in [-0.2, -0.15) is 0 Å². The summed E-state index contributed by atoms with van der Waals surface area (Å²) in [7, 11) is 0. The van der Waals surface area contributed by atoms with Crippen LogP contribution in [0.15, 0.2) is 24.3 Å². The molecule has 19 heavy (non-hydrogen) atoms. The molecule has 0 unspecified atom stereocenters. The molecule has 0 aliphatic heterocycles. The summed E-state index contributed by atoms with van der Waals surface area (Å²) in [5, 5.41) is 8.59. The third-order valence-corrected chi connectivity index (χ3v) is 2.81. The lowest BCUT2D eigenvalue weighted by Gasteiger charge is -2.07. The number of hydrogen-bond donors (Lipinski definition) is 1. The molecule has 0 atom stereocenters. The summed E-state index contributed by atoms with van der Waals surface area (Å²) >= 11 is 0. The molecule has 0 aromatic heterocycles. The van der Waals surface area contributed by atoms with Gasteiger partial charge in [0.1, 0.15) is 0 Å². The number of rotatable bonds is 11. The fraction of sp³-hybridized carbons (Fsp3) is 0.600. The topological polar surface area (TPSA) is 63.6 Å². The molecule has 0 aliphatic carbocycles. The van der Waals surface area contributed by atoms with E-state index >= 15 is 0 Å². The molecule has 1 N–H and O–H groups in total. The first-order valence-electron chi connectivity index (χ1n) is 6.75. The first kappa shape index (κ1) is 17.4. The standard InChI is InChI=1S/C15H24O4/c1-4-5-6-7-8-9-13(3)15(18)19-11-10-12(2)14(16)17/h2-11H2,1H3,(H,16,17). The van der Waals surface area contributed by atoms with E-state index in [1.807, 2.05) is 0 Å². The van der Waals surface area contributed by atoms with Crippen LogP contribution in [0.5, 0.6) is 0 Å². The maximum atomic E-state index is 11.5. The van der Waals surface area contributed by atoms with E-state index in [9.17, 15) is 9.59 Å². The molecule has 0 spiro atoms. The maximum absolute atomic E-state index is 11.5. The molecule has 0 fully saturated rings. The van der Waals surface area contributed by atoms with Gasteiger partial charge in [-0.1, -0.05) is 45.8 Å². The number of esters is 1. The zero-order valence-corrected chi connectivity index (χ0v) is 11.7. The minimum absolute atomic E-state index is 0.0398. The Morgan fingerprint density at radius 2 is 1.63 bits per heavy atom. The Kier molecular flexibility index (Phi) is 9.49. The Morgan fingerprint density at radius 1 is 1.00 bits per heavy atom. The van der Waals surface area contributed by atoms with E-state index in [4.69, 9.17) is 9.84 Å². The summed E-state index contributed by atoms with van der Waals surface area (Å²) in [4.78, 5) is 22.0. The van der Waals surface area contributed by atoms with Gasteiger partial charge in [-0.25, -0.2) is 9.59 Å². The molecule has 4 heteroatoms. The van der Waals surface area contributed by atoms with Gasteiger partial charge in [-0.15, -0.1) is 0 Å². The van der Waals surface area contributed by atoms with E-state index in [1.54, 1.807) is 0 Å². The zero-order chi connectivity index (χ0) is 14.7. The molecule has 0 radical (unpaired) electrons. The van der Waals surface area contributed by atoms with Crippen molar-refractivity contribution in [1.29, 1.82) is 0 Å². The molecule has 0 heterocycles. The predicted octanol–water partition coefficient (Wildman–Crippen LogP) is 3.48. The van der Waals surface area contributed by atoms with E-state index in [0.717, 1.165) is 12.8 Å². The lowest BCUT2D eigenvalue weighted by Crippen LogP contribution is -2.10. The summed E-state index contributed by atoms with van der Waals surface area (Å²) in [6.45, 7) is 9.25. The Labute approximate surface area is 115 Å². The van der Waals surface area contributed by atoms with Crippen LogP contribution in [0.25, 0.3) is 0 Å². The second-order valence-corrected chi connectivity index (χ2v) is 4.56. The van der Waals surface area contributed by atoms with Gasteiger partial charge in [0.05, 0.1) is 6.61 Å². The van der Waals surface area contributed by atoms with Crippen LogP contribution in [0.2, 0.25) is 0 Å². The van der Waals surface area contributed by atoms with Crippen molar-refractivity contribution < 1.29 is 19.4 Å². The fourth-order valence-electron chi connectivity index (χ4n) is 1.52. The molecular weight excluding hydrogens is 244 g/mol. The number of carboxylic acid groups (broad SMARTS) is 1. The highest BCUT2D eigenvalue weighted by atomic mass is 16.5. The van der Waals surface area contributed by atoms with Crippen LogP contribution >= 0.6 is 0 Å². The van der Waals surface area contributed by atoms with Gasteiger partial charge in [-0.05, 0) is 12.8 Å². The number of aliphatic carboxylic acids is 1. The SMILES string of the molecule is C=C(CCOC(=O)C(=C)CCCCCCC)C(=O)O. The first-order valence-corrected chi connectivity index (χ1v) is 6.75. The molecule has 0 aliphatic rings. The van der Waals surface area contributed by atoms with Crippen LogP contribution in [0.1, 0.15) is 51.9 Å². The van der Waals surface area contributed by atoms with Gasteiger partial charge in [0.25, 0.3) is 0 Å². The molecule has 0 saturated carbocycles. The lowest BCUT2D eigenvalue weighted by atomic mass is 10.1. The smallest absolute Gasteiger partial charge is 0.333 e. The highest BCUT2D eigenvalue weighted by Gasteiger charge is 2.09. The van der Waals surface area contributed by atoms with Gasteiger partial charge in [0.15, 0.2) is 0 Å². The lowest BCUT2D eigenvalue weighted by molar-refractivity contribution is -0.140. The Bertz CT molecular complexity index is 331. The van der Waals surface area contributed by atoms with Crippen molar-refractivity contribution in [1.82, 2.24) is 0 Å². The van der Waals surface area contributed by atoms with Crippen LogP contribution in [0.4, 0.5) is 0 Å². The molecule has 4 nitrogen and oxygen atoms in total. The van der Waals surface area contributed by atoms with Crippen molar-refractivity contribution >= 4 is 11.9 Å². The monoisotopic (exact) mass is 268 g/mol. The average Bonchev–Trinajstić information content (AvgIpc) is 2.37. The summed E-state index contributed by atoms with van der Waals surface area (Å²) in [6.07, 6.45) is 6.40. The van der Waals surface area contributed by atoms with Gasteiger partial charge in [0, 0.05) is 17.6 Å². The van der Waals surface area contributed by atoms with Crippen LogP contribution in [0, 0.1) is 0 Å². The summed E-state index contributed by atoms with van der Waals surface area (Å²) in [5.41, 5.74) is 0.496. The summed E-state index contributed by atoms with van der Waals surface area (Å²) in [5.74, 6) is -1.50. The Morgan fingerprint density at radius 3 is 2.21 bits per heavy atom. The third-order valence-electron chi connectivity index (χ3n) is 2.81. The normalized spacial score (nSPS) is 9.95. The molecule has 0 amide bonds. The molecule has 0 aromatic carbocycles. The van der Waals surface area contributed by atoms with Crippen LogP contribution in [-0.2, 0) is 14.3 Å². The largest absolute Gasteiger partial charge is 0.478 e. The first-order chi connectivity index (χ1) is 8.99. The molecule has 0 rings (SSSR count). The van der Waals surface area contributed by atoms with Gasteiger partial charge < -0.3 is 9.84 Å². The predicted molar refractivity (Wildman–Crippen MR) is 74.9 cm³/mol. The molecule has 0 bridgehead atoms. The second-order valence-electron chi connectivity index (χ2n) is 4.56. The van der Waals surface area contributed by atoms with Gasteiger partial charge in [0.2, 0.25) is 0 Å².